The van der Waals surface area contributed by atoms with Crippen molar-refractivity contribution < 1.29 is 24.2 Å². The lowest BCUT2D eigenvalue weighted by atomic mass is 9.85. The summed E-state index contributed by atoms with van der Waals surface area (Å²) in [7, 11) is 0. The van der Waals surface area contributed by atoms with Gasteiger partial charge in [-0.15, -0.1) is 0 Å². The molecule has 1 N–H and O–H groups in total. The summed E-state index contributed by atoms with van der Waals surface area (Å²) >= 11 is 0. The number of hydrogen-bond donors (Lipinski definition) is 1. The number of hydrogen-bond acceptors (Lipinski definition) is 5. The van der Waals surface area contributed by atoms with Gasteiger partial charge < -0.3 is 14.6 Å². The van der Waals surface area contributed by atoms with Crippen LogP contribution < -0.4 is 14.4 Å². The monoisotopic (exact) mass is 527 g/mol. The van der Waals surface area contributed by atoms with Crippen molar-refractivity contribution in [3.05, 3.63) is 95.1 Å². The van der Waals surface area contributed by atoms with Gasteiger partial charge in [-0.25, -0.2) is 0 Å². The van der Waals surface area contributed by atoms with Crippen LogP contribution in [0.4, 0.5) is 5.69 Å². The second kappa shape index (κ2) is 11.4. The fourth-order valence-electron chi connectivity index (χ4n) is 4.58. The second-order valence-corrected chi connectivity index (χ2v) is 11.2. The van der Waals surface area contributed by atoms with Crippen LogP contribution in [0, 0.1) is 5.92 Å². The lowest BCUT2D eigenvalue weighted by Gasteiger charge is -2.26. The topological polar surface area (TPSA) is 76.1 Å². The Hall–Kier alpha value is -4.06. The average molecular weight is 528 g/mol. The predicted octanol–water partition coefficient (Wildman–Crippen LogP) is 7.04. The number of nitrogens with zero attached hydrogens (tertiary/aromatic N) is 1. The van der Waals surface area contributed by atoms with Gasteiger partial charge in [0.05, 0.1) is 24.8 Å². The Labute approximate surface area is 230 Å². The van der Waals surface area contributed by atoms with Crippen LogP contribution in [-0.2, 0) is 15.0 Å². The molecule has 3 aromatic rings. The fraction of sp³-hybridized carbons (Fsp3) is 0.333. The van der Waals surface area contributed by atoms with Crippen molar-refractivity contribution in [1.82, 2.24) is 0 Å². The highest BCUT2D eigenvalue weighted by Gasteiger charge is 2.47. The minimum absolute atomic E-state index is 0.0493. The molecule has 0 spiro atoms. The van der Waals surface area contributed by atoms with Gasteiger partial charge in [0.25, 0.3) is 11.7 Å². The third-order valence-corrected chi connectivity index (χ3v) is 6.67. The van der Waals surface area contributed by atoms with Crippen LogP contribution in [0.2, 0.25) is 0 Å². The van der Waals surface area contributed by atoms with Crippen LogP contribution in [0.5, 0.6) is 11.5 Å². The van der Waals surface area contributed by atoms with Crippen molar-refractivity contribution in [2.75, 3.05) is 18.1 Å². The van der Waals surface area contributed by atoms with Crippen molar-refractivity contribution in [3.8, 4) is 11.5 Å². The summed E-state index contributed by atoms with van der Waals surface area (Å²) in [5, 5.41) is 11.4. The smallest absolute Gasteiger partial charge is 0.300 e. The molecule has 0 bridgehead atoms. The van der Waals surface area contributed by atoms with Gasteiger partial charge in [0, 0.05) is 11.3 Å². The van der Waals surface area contributed by atoms with E-state index < -0.39 is 17.7 Å². The number of ether oxygens (including phenoxy) is 2. The molecule has 39 heavy (non-hydrogen) atoms. The van der Waals surface area contributed by atoms with Crippen LogP contribution in [-0.4, -0.2) is 30.0 Å². The number of anilines is 1. The zero-order valence-electron chi connectivity index (χ0n) is 23.5. The maximum Gasteiger partial charge on any atom is 0.300 e. The zero-order chi connectivity index (χ0) is 28.3. The van der Waals surface area contributed by atoms with E-state index in [1.807, 2.05) is 31.2 Å². The molecular formula is C33H37NO5. The number of ketones is 1. The Kier molecular flexibility index (Phi) is 8.14. The average Bonchev–Trinajstić information content (AvgIpc) is 3.17. The molecular weight excluding hydrogens is 490 g/mol. The molecule has 6 heteroatoms. The highest BCUT2D eigenvalue weighted by molar-refractivity contribution is 6.51. The fourth-order valence-corrected chi connectivity index (χ4v) is 4.58. The van der Waals surface area contributed by atoms with E-state index >= 15 is 0 Å². The largest absolute Gasteiger partial charge is 0.507 e. The normalized spacial score (nSPS) is 17.1. The highest BCUT2D eigenvalue weighted by atomic mass is 16.5. The van der Waals surface area contributed by atoms with Crippen molar-refractivity contribution in [2.24, 2.45) is 5.92 Å². The van der Waals surface area contributed by atoms with E-state index in [9.17, 15) is 14.7 Å². The molecule has 0 aromatic heterocycles. The van der Waals surface area contributed by atoms with E-state index in [0.717, 1.165) is 11.1 Å². The second-order valence-electron chi connectivity index (χ2n) is 11.2. The molecule has 1 aliphatic heterocycles. The van der Waals surface area contributed by atoms with E-state index in [1.165, 1.54) is 4.90 Å². The molecule has 1 heterocycles. The number of aliphatic hydroxyl groups excluding tert-OH is 1. The lowest BCUT2D eigenvalue weighted by molar-refractivity contribution is -0.132. The molecule has 0 saturated carbocycles. The summed E-state index contributed by atoms with van der Waals surface area (Å²) in [6, 6.07) is 21.0. The van der Waals surface area contributed by atoms with Crippen molar-refractivity contribution in [2.45, 2.75) is 53.0 Å². The molecule has 1 amide bonds. The number of rotatable bonds is 8. The minimum atomic E-state index is -0.797. The molecule has 1 atom stereocenters. The molecule has 204 valence electrons. The molecule has 1 fully saturated rings. The Morgan fingerprint density at radius 2 is 1.44 bits per heavy atom. The lowest BCUT2D eigenvalue weighted by Crippen LogP contribution is -2.29. The maximum absolute atomic E-state index is 13.5. The minimum Gasteiger partial charge on any atom is -0.507 e. The first-order valence-corrected chi connectivity index (χ1v) is 13.4. The van der Waals surface area contributed by atoms with Gasteiger partial charge in [0.15, 0.2) is 0 Å². The third-order valence-electron chi connectivity index (χ3n) is 6.67. The SMILES string of the molecule is CCOc1ccc(N2C(=O)C(=O)/C(=C(\O)c3ccc(OCC(C)C)cc3)C2c2ccc(C(C)(C)C)cc2)cc1. The van der Waals surface area contributed by atoms with Crippen LogP contribution in [0.1, 0.15) is 64.3 Å². The Morgan fingerprint density at radius 1 is 0.872 bits per heavy atom. The zero-order valence-corrected chi connectivity index (χ0v) is 23.5. The Bertz CT molecular complexity index is 1350. The summed E-state index contributed by atoms with van der Waals surface area (Å²) < 4.78 is 11.3. The third kappa shape index (κ3) is 6.00. The van der Waals surface area contributed by atoms with Gasteiger partial charge >= 0.3 is 0 Å². The molecule has 4 rings (SSSR count). The van der Waals surface area contributed by atoms with Gasteiger partial charge in [-0.05, 0) is 77.9 Å². The van der Waals surface area contributed by atoms with Gasteiger partial charge in [0.1, 0.15) is 17.3 Å². The van der Waals surface area contributed by atoms with E-state index in [-0.39, 0.29) is 16.7 Å². The standard InChI is InChI=1S/C33H37NO5/c1-7-38-26-18-14-25(15-19-26)34-29(22-8-12-24(13-9-22)33(4,5)6)28(31(36)32(34)37)30(35)23-10-16-27(17-11-23)39-20-21(2)3/h8-19,21,29,35H,7,20H2,1-6H3/b30-28-. The Balaban J connectivity index is 1.81. The molecule has 0 radical (unpaired) electrons. The van der Waals surface area contributed by atoms with E-state index in [2.05, 4.69) is 34.6 Å². The maximum atomic E-state index is 13.5. The van der Waals surface area contributed by atoms with Crippen molar-refractivity contribution in [1.29, 1.82) is 0 Å². The van der Waals surface area contributed by atoms with E-state index in [4.69, 9.17) is 9.47 Å². The first-order chi connectivity index (χ1) is 18.5. The van der Waals surface area contributed by atoms with E-state index in [0.29, 0.717) is 41.9 Å². The number of Topliss-reactive ketones (excluding diaryl/α,β-unsaturated/α-hetero) is 1. The Morgan fingerprint density at radius 3 is 1.97 bits per heavy atom. The van der Waals surface area contributed by atoms with Crippen LogP contribution >= 0.6 is 0 Å². The highest BCUT2D eigenvalue weighted by Crippen LogP contribution is 2.43. The number of aliphatic hydroxyl groups is 1. The number of benzene rings is 3. The molecule has 1 unspecified atom stereocenters. The van der Waals surface area contributed by atoms with Gasteiger partial charge in [-0.3, -0.25) is 14.5 Å². The number of carbonyl (C=O) groups excluding carboxylic acids is 2. The quantitative estimate of drug-likeness (QED) is 0.193. The van der Waals surface area contributed by atoms with Crippen LogP contribution in [0.25, 0.3) is 5.76 Å². The number of carbonyl (C=O) groups is 2. The van der Waals surface area contributed by atoms with Gasteiger partial charge in [0.2, 0.25) is 0 Å². The summed E-state index contributed by atoms with van der Waals surface area (Å²) in [4.78, 5) is 28.4. The van der Waals surface area contributed by atoms with Crippen molar-refractivity contribution >= 4 is 23.1 Å². The number of amides is 1. The summed E-state index contributed by atoms with van der Waals surface area (Å²) in [5.74, 6) is 0.0745. The van der Waals surface area contributed by atoms with Crippen molar-refractivity contribution in [3.63, 3.8) is 0 Å². The summed E-state index contributed by atoms with van der Waals surface area (Å²) in [5.41, 5.74) is 2.83. The molecule has 6 nitrogen and oxygen atoms in total. The van der Waals surface area contributed by atoms with Gasteiger partial charge in [-0.2, -0.15) is 0 Å². The van der Waals surface area contributed by atoms with Crippen LogP contribution in [0.3, 0.4) is 0 Å². The van der Waals surface area contributed by atoms with E-state index in [1.54, 1.807) is 48.5 Å². The van der Waals surface area contributed by atoms with Crippen LogP contribution in [0.15, 0.2) is 78.4 Å². The molecule has 1 aliphatic rings. The molecule has 1 saturated heterocycles. The predicted molar refractivity (Wildman–Crippen MR) is 154 cm³/mol. The van der Waals surface area contributed by atoms with Gasteiger partial charge in [-0.1, -0.05) is 58.9 Å². The first kappa shape index (κ1) is 28.0. The first-order valence-electron chi connectivity index (χ1n) is 13.4. The summed E-state index contributed by atoms with van der Waals surface area (Å²) in [6.45, 7) is 13.5. The molecule has 0 aliphatic carbocycles. The summed E-state index contributed by atoms with van der Waals surface area (Å²) in [6.07, 6.45) is 0. The molecule has 3 aromatic carbocycles.